The molecule has 0 heterocycles. The number of nitrogens with one attached hydrogen (secondary N) is 1. The van der Waals surface area contributed by atoms with Gasteiger partial charge in [-0.15, -0.1) is 11.8 Å². The van der Waals surface area contributed by atoms with Gasteiger partial charge in [0.1, 0.15) is 0 Å². The first-order valence-electron chi connectivity index (χ1n) is 7.78. The zero-order valence-corrected chi connectivity index (χ0v) is 16.1. The molecule has 25 heavy (non-hydrogen) atoms. The zero-order chi connectivity index (χ0) is 17.8. The molecule has 0 aliphatic rings. The molecule has 0 aromatic heterocycles. The third-order valence-electron chi connectivity index (χ3n) is 3.71. The molecule has 2 N–H and O–H groups in total. The Labute approximate surface area is 161 Å². The summed E-state index contributed by atoms with van der Waals surface area (Å²) in [6, 6.07) is 20.2. The molecule has 0 bridgehead atoms. The average Bonchev–Trinajstić information content (AvgIpc) is 2.61. The van der Waals surface area contributed by atoms with Crippen molar-refractivity contribution >= 4 is 51.8 Å². The molecule has 0 aliphatic carbocycles. The third-order valence-corrected chi connectivity index (χ3v) is 5.93. The number of halogens is 1. The summed E-state index contributed by atoms with van der Waals surface area (Å²) in [5.41, 5.74) is 1.04. The van der Waals surface area contributed by atoms with Crippen molar-refractivity contribution in [3.05, 3.63) is 78.0 Å². The molecule has 2 nitrogen and oxygen atoms in total. The summed E-state index contributed by atoms with van der Waals surface area (Å²) in [5, 5.41) is 12.6. The normalized spacial score (nSPS) is 12.1. The quantitative estimate of drug-likeness (QED) is 0.267. The first kappa shape index (κ1) is 18.1. The summed E-state index contributed by atoms with van der Waals surface area (Å²) in [7, 11) is 0. The van der Waals surface area contributed by atoms with E-state index in [1.807, 2.05) is 43.3 Å². The zero-order valence-electron chi connectivity index (χ0n) is 13.7. The van der Waals surface area contributed by atoms with Gasteiger partial charge in [0.25, 0.3) is 0 Å². The smallest absolute Gasteiger partial charge is 0.0981 e. The molecule has 3 aromatic rings. The molecule has 0 radical (unpaired) electrons. The van der Waals surface area contributed by atoms with E-state index >= 15 is 0 Å². The third kappa shape index (κ3) is 4.66. The second-order valence-electron chi connectivity index (χ2n) is 5.60. The molecule has 5 heteroatoms. The van der Waals surface area contributed by atoms with Crippen LogP contribution in [0.25, 0.3) is 10.8 Å². The van der Waals surface area contributed by atoms with Gasteiger partial charge in [-0.3, -0.25) is 0 Å². The number of fused-ring (bicyclic) bond motifs is 1. The average molecular weight is 388 g/mol. The van der Waals surface area contributed by atoms with Crippen molar-refractivity contribution in [1.29, 1.82) is 0 Å². The number of hydrogen-bond donors (Lipinski definition) is 2. The maximum Gasteiger partial charge on any atom is 0.0981 e. The minimum atomic E-state index is -0.0575. The van der Waals surface area contributed by atoms with E-state index in [1.54, 1.807) is 23.7 Å². The summed E-state index contributed by atoms with van der Waals surface area (Å²) in [6.07, 6.45) is 0. The number of aliphatic hydroxyl groups excluding tert-OH is 1. The van der Waals surface area contributed by atoms with E-state index in [0.717, 1.165) is 31.3 Å². The van der Waals surface area contributed by atoms with Crippen LogP contribution in [-0.4, -0.2) is 10.4 Å². The van der Waals surface area contributed by atoms with Crippen molar-refractivity contribution < 1.29 is 5.11 Å². The van der Waals surface area contributed by atoms with Gasteiger partial charge in [-0.1, -0.05) is 42.4 Å². The first-order valence-corrected chi connectivity index (χ1v) is 9.86. The minimum Gasteiger partial charge on any atom is -0.512 e. The van der Waals surface area contributed by atoms with Gasteiger partial charge in [-0.2, -0.15) is 0 Å². The van der Waals surface area contributed by atoms with Gasteiger partial charge in [0, 0.05) is 20.2 Å². The lowest BCUT2D eigenvalue weighted by Gasteiger charge is -2.14. The van der Waals surface area contributed by atoms with Crippen molar-refractivity contribution in [3.63, 3.8) is 0 Å². The summed E-state index contributed by atoms with van der Waals surface area (Å²) >= 11 is 9.08. The number of rotatable bonds is 6. The van der Waals surface area contributed by atoms with Crippen LogP contribution in [-0.2, 0) is 0 Å². The molecule has 128 valence electrons. The molecule has 0 spiro atoms. The molecule has 3 aromatic carbocycles. The molecule has 0 aliphatic heterocycles. The van der Waals surface area contributed by atoms with Crippen molar-refractivity contribution in [2.75, 3.05) is 4.72 Å². The fourth-order valence-corrected chi connectivity index (χ4v) is 4.04. The van der Waals surface area contributed by atoms with Crippen LogP contribution in [0.2, 0.25) is 5.02 Å². The number of hydrogen-bond acceptors (Lipinski definition) is 4. The highest BCUT2D eigenvalue weighted by atomic mass is 35.5. The Bertz CT molecular complexity index is 896. The van der Waals surface area contributed by atoms with Gasteiger partial charge in [0.05, 0.1) is 16.7 Å². The maximum absolute atomic E-state index is 9.59. The lowest BCUT2D eigenvalue weighted by atomic mass is 10.1. The number of benzene rings is 3. The summed E-state index contributed by atoms with van der Waals surface area (Å²) in [6.45, 7) is 5.57. The van der Waals surface area contributed by atoms with Crippen LogP contribution in [0, 0.1) is 0 Å². The van der Waals surface area contributed by atoms with E-state index in [4.69, 9.17) is 11.6 Å². The molecule has 1 atom stereocenters. The van der Waals surface area contributed by atoms with E-state index in [-0.39, 0.29) is 11.0 Å². The van der Waals surface area contributed by atoms with Crippen molar-refractivity contribution in [1.82, 2.24) is 0 Å². The van der Waals surface area contributed by atoms with Gasteiger partial charge in [0.15, 0.2) is 0 Å². The fourth-order valence-electron chi connectivity index (χ4n) is 2.32. The van der Waals surface area contributed by atoms with E-state index < -0.39 is 0 Å². The Balaban J connectivity index is 1.89. The predicted molar refractivity (Wildman–Crippen MR) is 112 cm³/mol. The van der Waals surface area contributed by atoms with Crippen LogP contribution >= 0.6 is 35.3 Å². The highest BCUT2D eigenvalue weighted by Crippen LogP contribution is 2.35. The highest BCUT2D eigenvalue weighted by Gasteiger charge is 2.10. The van der Waals surface area contributed by atoms with Crippen LogP contribution in [0.3, 0.4) is 0 Å². The van der Waals surface area contributed by atoms with E-state index in [0.29, 0.717) is 0 Å². The van der Waals surface area contributed by atoms with Gasteiger partial charge in [-0.25, -0.2) is 0 Å². The standard InChI is InChI=1S/C20H18ClNOS2/c1-13(23)14(2)24-18-11-15-5-3-4-6-19(15)20(12-18)22-25-17-9-7-16(21)8-10-17/h3-12,14,22-23H,1H2,2H3. The molecule has 1 unspecified atom stereocenters. The summed E-state index contributed by atoms with van der Waals surface area (Å²) in [5.74, 6) is 0.184. The molecule has 0 amide bonds. The van der Waals surface area contributed by atoms with Gasteiger partial charge in [0.2, 0.25) is 0 Å². The first-order chi connectivity index (χ1) is 12.0. The SMILES string of the molecule is C=C(O)C(C)Sc1cc(NSc2ccc(Cl)cc2)c2ccccc2c1. The Hall–Kier alpha value is -1.75. The van der Waals surface area contributed by atoms with Crippen LogP contribution in [0.1, 0.15) is 6.92 Å². The van der Waals surface area contributed by atoms with Crippen LogP contribution in [0.15, 0.2) is 82.8 Å². The van der Waals surface area contributed by atoms with Crippen molar-refractivity contribution in [3.8, 4) is 0 Å². The maximum atomic E-state index is 9.59. The van der Waals surface area contributed by atoms with E-state index in [2.05, 4.69) is 35.6 Å². The molecule has 0 saturated heterocycles. The van der Waals surface area contributed by atoms with Gasteiger partial charge < -0.3 is 9.83 Å². The fraction of sp³-hybridized carbons (Fsp3) is 0.100. The summed E-state index contributed by atoms with van der Waals surface area (Å²) < 4.78 is 3.44. The van der Waals surface area contributed by atoms with Gasteiger partial charge in [-0.05, 0) is 60.7 Å². The topological polar surface area (TPSA) is 32.3 Å². The van der Waals surface area contributed by atoms with Crippen molar-refractivity contribution in [2.24, 2.45) is 0 Å². The second-order valence-corrected chi connectivity index (χ2v) is 8.33. The largest absolute Gasteiger partial charge is 0.512 e. The number of thioether (sulfide) groups is 1. The van der Waals surface area contributed by atoms with Crippen molar-refractivity contribution in [2.45, 2.75) is 22.0 Å². The second kappa shape index (κ2) is 8.09. The molecular formula is C20H18ClNOS2. The highest BCUT2D eigenvalue weighted by molar-refractivity contribution is 8.00. The van der Waals surface area contributed by atoms with Gasteiger partial charge >= 0.3 is 0 Å². The number of anilines is 1. The molecule has 0 saturated carbocycles. The predicted octanol–water partition coefficient (Wildman–Crippen LogP) is 7.16. The Morgan fingerprint density at radius 2 is 1.80 bits per heavy atom. The molecule has 0 fully saturated rings. The van der Waals surface area contributed by atoms with Crippen LogP contribution < -0.4 is 4.72 Å². The van der Waals surface area contributed by atoms with Crippen LogP contribution in [0.5, 0.6) is 0 Å². The van der Waals surface area contributed by atoms with E-state index in [9.17, 15) is 5.11 Å². The lowest BCUT2D eigenvalue weighted by Crippen LogP contribution is -1.98. The Kier molecular flexibility index (Phi) is 5.84. The lowest BCUT2D eigenvalue weighted by molar-refractivity contribution is 0.401. The summed E-state index contributed by atoms with van der Waals surface area (Å²) in [4.78, 5) is 2.17. The monoisotopic (exact) mass is 387 g/mol. The minimum absolute atomic E-state index is 0.0575. The van der Waals surface area contributed by atoms with E-state index in [1.165, 1.54) is 0 Å². The molecule has 3 rings (SSSR count). The Morgan fingerprint density at radius 1 is 1.08 bits per heavy atom. The Morgan fingerprint density at radius 3 is 2.52 bits per heavy atom. The molecular weight excluding hydrogens is 370 g/mol. The van der Waals surface area contributed by atoms with Crippen LogP contribution in [0.4, 0.5) is 5.69 Å². The number of aliphatic hydroxyl groups is 1.